The average Bonchev–Trinajstić information content (AvgIpc) is 2.53. The van der Waals surface area contributed by atoms with Crippen LogP contribution in [0.25, 0.3) is 0 Å². The molecule has 2 rings (SSSR count). The van der Waals surface area contributed by atoms with Gasteiger partial charge in [-0.25, -0.2) is 0 Å². The number of fused-ring (bicyclic) bond motifs is 1. The molecule has 1 aromatic rings. The summed E-state index contributed by atoms with van der Waals surface area (Å²) in [6.07, 6.45) is 1.12. The fourth-order valence-electron chi connectivity index (χ4n) is 2.45. The Labute approximate surface area is 112 Å². The molecule has 0 aliphatic carbocycles. The summed E-state index contributed by atoms with van der Waals surface area (Å²) in [4.78, 5) is 25.4. The highest BCUT2D eigenvalue weighted by Crippen LogP contribution is 2.32. The highest BCUT2D eigenvalue weighted by molar-refractivity contribution is 6.08. The van der Waals surface area contributed by atoms with Gasteiger partial charge in [-0.05, 0) is 31.4 Å². The number of anilines is 1. The van der Waals surface area contributed by atoms with E-state index in [1.807, 2.05) is 25.1 Å². The number of ether oxygens (including phenoxy) is 1. The molecule has 1 aliphatic rings. The topological polar surface area (TPSA) is 72.6 Å². The van der Waals surface area contributed by atoms with Crippen LogP contribution in [0.3, 0.4) is 0 Å². The number of carbonyl (C=O) groups excluding carboxylic acids is 2. The number of benzene rings is 1. The Hall–Kier alpha value is -2.04. The third-order valence-electron chi connectivity index (χ3n) is 3.51. The number of primary amides is 1. The van der Waals surface area contributed by atoms with Crippen LogP contribution >= 0.6 is 0 Å². The van der Waals surface area contributed by atoms with Gasteiger partial charge in [-0.1, -0.05) is 6.07 Å². The van der Waals surface area contributed by atoms with Gasteiger partial charge in [0.05, 0.1) is 12.8 Å². The van der Waals surface area contributed by atoms with Gasteiger partial charge in [0.2, 0.25) is 11.8 Å². The Bertz CT molecular complexity index is 513. The van der Waals surface area contributed by atoms with E-state index in [-0.39, 0.29) is 5.91 Å². The van der Waals surface area contributed by atoms with Crippen LogP contribution in [0.5, 0.6) is 5.75 Å². The van der Waals surface area contributed by atoms with Crippen molar-refractivity contribution in [2.75, 3.05) is 18.6 Å². The van der Waals surface area contributed by atoms with Crippen molar-refractivity contribution in [2.24, 2.45) is 11.7 Å². The van der Waals surface area contributed by atoms with E-state index in [2.05, 4.69) is 0 Å². The Morgan fingerprint density at radius 1 is 1.53 bits per heavy atom. The third kappa shape index (κ3) is 2.41. The molecule has 2 amide bonds. The van der Waals surface area contributed by atoms with Crippen molar-refractivity contribution in [1.82, 2.24) is 0 Å². The maximum absolute atomic E-state index is 12.4. The second-order valence-corrected chi connectivity index (χ2v) is 4.57. The number of carbonyl (C=O) groups is 2. The van der Waals surface area contributed by atoms with Crippen molar-refractivity contribution in [2.45, 2.75) is 19.8 Å². The summed E-state index contributed by atoms with van der Waals surface area (Å²) in [6, 6.07) is 5.63. The highest BCUT2D eigenvalue weighted by atomic mass is 16.5. The molecule has 1 aromatic carbocycles. The average molecular weight is 262 g/mol. The fourth-order valence-corrected chi connectivity index (χ4v) is 2.45. The van der Waals surface area contributed by atoms with Crippen molar-refractivity contribution in [3.63, 3.8) is 0 Å². The zero-order chi connectivity index (χ0) is 14.0. The first kappa shape index (κ1) is 13.4. The van der Waals surface area contributed by atoms with E-state index in [1.54, 1.807) is 12.0 Å². The molecule has 2 N–H and O–H groups in total. The minimum absolute atomic E-state index is 0.220. The highest BCUT2D eigenvalue weighted by Gasteiger charge is 2.33. The van der Waals surface area contributed by atoms with Crippen LogP contribution in [-0.4, -0.2) is 25.5 Å². The van der Waals surface area contributed by atoms with Crippen molar-refractivity contribution in [3.8, 4) is 5.75 Å². The first-order chi connectivity index (χ1) is 9.08. The summed E-state index contributed by atoms with van der Waals surface area (Å²) < 4.78 is 5.19. The number of amides is 2. The number of nitrogens with two attached hydrogens (primary N) is 1. The molecule has 0 saturated carbocycles. The molecular weight excluding hydrogens is 244 g/mol. The van der Waals surface area contributed by atoms with Crippen LogP contribution in [0.1, 0.15) is 18.9 Å². The number of rotatable bonds is 3. The molecule has 0 saturated heterocycles. The van der Waals surface area contributed by atoms with Gasteiger partial charge in [0.1, 0.15) is 11.7 Å². The second kappa shape index (κ2) is 5.30. The van der Waals surface area contributed by atoms with Gasteiger partial charge < -0.3 is 15.4 Å². The lowest BCUT2D eigenvalue weighted by Gasteiger charge is -2.23. The maximum Gasteiger partial charge on any atom is 0.239 e. The predicted molar refractivity (Wildman–Crippen MR) is 72.0 cm³/mol. The lowest BCUT2D eigenvalue weighted by Crippen LogP contribution is -2.41. The first-order valence-electron chi connectivity index (χ1n) is 6.36. The van der Waals surface area contributed by atoms with Gasteiger partial charge in [-0.15, -0.1) is 0 Å². The van der Waals surface area contributed by atoms with E-state index in [1.165, 1.54) is 0 Å². The molecule has 0 fully saturated rings. The summed E-state index contributed by atoms with van der Waals surface area (Å²) >= 11 is 0. The number of methoxy groups -OCH3 is 1. The minimum atomic E-state index is -0.738. The lowest BCUT2D eigenvalue weighted by molar-refractivity contribution is -0.132. The molecule has 5 nitrogen and oxygen atoms in total. The molecule has 102 valence electrons. The molecule has 1 aliphatic heterocycles. The second-order valence-electron chi connectivity index (χ2n) is 4.57. The van der Waals surface area contributed by atoms with Crippen molar-refractivity contribution in [1.29, 1.82) is 0 Å². The lowest BCUT2D eigenvalue weighted by atomic mass is 10.00. The van der Waals surface area contributed by atoms with E-state index in [9.17, 15) is 9.59 Å². The third-order valence-corrected chi connectivity index (χ3v) is 3.51. The molecule has 1 heterocycles. The van der Waals surface area contributed by atoms with Crippen LogP contribution in [0.15, 0.2) is 18.2 Å². The predicted octanol–water partition coefficient (Wildman–Crippen LogP) is 1.10. The molecule has 0 bridgehead atoms. The zero-order valence-corrected chi connectivity index (χ0v) is 11.2. The molecule has 0 radical (unpaired) electrons. The van der Waals surface area contributed by atoms with Crippen LogP contribution in [0.4, 0.5) is 5.69 Å². The minimum Gasteiger partial charge on any atom is -0.497 e. The summed E-state index contributed by atoms with van der Waals surface area (Å²) in [5.74, 6) is -0.814. The van der Waals surface area contributed by atoms with Crippen molar-refractivity contribution < 1.29 is 14.3 Å². The van der Waals surface area contributed by atoms with Crippen LogP contribution in [-0.2, 0) is 16.0 Å². The fraction of sp³-hybridized carbons (Fsp3) is 0.429. The maximum atomic E-state index is 12.4. The summed E-state index contributed by atoms with van der Waals surface area (Å²) in [5, 5.41) is 0. The van der Waals surface area contributed by atoms with E-state index in [4.69, 9.17) is 10.5 Å². The monoisotopic (exact) mass is 262 g/mol. The van der Waals surface area contributed by atoms with Crippen LogP contribution in [0, 0.1) is 5.92 Å². The zero-order valence-electron chi connectivity index (χ0n) is 11.2. The van der Waals surface area contributed by atoms with Gasteiger partial charge in [0.25, 0.3) is 0 Å². The van der Waals surface area contributed by atoms with E-state index < -0.39 is 11.8 Å². The summed E-state index contributed by atoms with van der Waals surface area (Å²) in [7, 11) is 1.59. The normalized spacial score (nSPS) is 18.7. The van der Waals surface area contributed by atoms with E-state index in [0.717, 1.165) is 11.3 Å². The van der Waals surface area contributed by atoms with Gasteiger partial charge in [0.15, 0.2) is 0 Å². The molecular formula is C14H18N2O3. The van der Waals surface area contributed by atoms with Crippen LogP contribution < -0.4 is 15.4 Å². The largest absolute Gasteiger partial charge is 0.497 e. The Morgan fingerprint density at radius 2 is 2.26 bits per heavy atom. The van der Waals surface area contributed by atoms with Gasteiger partial charge in [-0.2, -0.15) is 0 Å². The van der Waals surface area contributed by atoms with Gasteiger partial charge >= 0.3 is 0 Å². The Balaban J connectivity index is 2.47. The molecule has 0 spiro atoms. The van der Waals surface area contributed by atoms with E-state index >= 15 is 0 Å². The molecule has 1 unspecified atom stereocenters. The Morgan fingerprint density at radius 3 is 2.84 bits per heavy atom. The standard InChI is InChI=1S/C14H18N2O3/c1-3-16-12-8-10(19-2)6-4-9(12)5-7-11(13(15)17)14(16)18/h4,6,8,11H,3,5,7H2,1-2H3,(H2,15,17). The Kier molecular flexibility index (Phi) is 3.74. The molecule has 0 aromatic heterocycles. The van der Waals surface area contributed by atoms with Crippen LogP contribution in [0.2, 0.25) is 0 Å². The summed E-state index contributed by atoms with van der Waals surface area (Å²) in [5.41, 5.74) is 7.18. The van der Waals surface area contributed by atoms with Gasteiger partial charge in [-0.3, -0.25) is 9.59 Å². The number of hydrogen-bond acceptors (Lipinski definition) is 3. The number of nitrogens with zero attached hydrogens (tertiary/aromatic N) is 1. The quantitative estimate of drug-likeness (QED) is 0.829. The van der Waals surface area contributed by atoms with Crippen molar-refractivity contribution >= 4 is 17.5 Å². The SMILES string of the molecule is CCN1C(=O)C(C(N)=O)CCc2ccc(OC)cc21. The smallest absolute Gasteiger partial charge is 0.239 e. The van der Waals surface area contributed by atoms with Gasteiger partial charge in [0, 0.05) is 12.6 Å². The molecule has 19 heavy (non-hydrogen) atoms. The van der Waals surface area contributed by atoms with Crippen molar-refractivity contribution in [3.05, 3.63) is 23.8 Å². The number of hydrogen-bond donors (Lipinski definition) is 1. The number of aryl methyl sites for hydroxylation is 1. The molecule has 1 atom stereocenters. The first-order valence-corrected chi connectivity index (χ1v) is 6.36. The van der Waals surface area contributed by atoms with E-state index in [0.29, 0.717) is 25.1 Å². The molecule has 5 heteroatoms. The summed E-state index contributed by atoms with van der Waals surface area (Å²) in [6.45, 7) is 2.38.